The highest BCUT2D eigenvalue weighted by atomic mass is 16.1. The van der Waals surface area contributed by atoms with E-state index in [0.717, 1.165) is 5.69 Å². The van der Waals surface area contributed by atoms with E-state index < -0.39 is 0 Å². The van der Waals surface area contributed by atoms with Gasteiger partial charge in [-0.3, -0.25) is 9.78 Å². The molecule has 1 aromatic heterocycles. The molecule has 1 rings (SSSR count). The van der Waals surface area contributed by atoms with E-state index in [-0.39, 0.29) is 5.78 Å². The van der Waals surface area contributed by atoms with Gasteiger partial charge in [-0.2, -0.15) is 0 Å². The zero-order chi connectivity index (χ0) is 8.97. The summed E-state index contributed by atoms with van der Waals surface area (Å²) in [6, 6.07) is 3.48. The van der Waals surface area contributed by atoms with Gasteiger partial charge < -0.3 is 5.73 Å². The first kappa shape index (κ1) is 8.46. The fourth-order valence-electron chi connectivity index (χ4n) is 0.811. The number of carbonyl (C=O) groups excluding carboxylic acids is 1. The van der Waals surface area contributed by atoms with E-state index in [2.05, 4.69) is 4.98 Å². The number of rotatable bonds is 2. The van der Waals surface area contributed by atoms with Crippen LogP contribution in [0.25, 0.3) is 6.08 Å². The van der Waals surface area contributed by atoms with Crippen LogP contribution >= 0.6 is 0 Å². The van der Waals surface area contributed by atoms with E-state index in [1.54, 1.807) is 18.2 Å². The molecule has 1 aromatic rings. The zero-order valence-electron chi connectivity index (χ0n) is 6.82. The Balaban J connectivity index is 2.93. The van der Waals surface area contributed by atoms with Crippen LogP contribution in [-0.2, 0) is 0 Å². The van der Waals surface area contributed by atoms with Crippen molar-refractivity contribution in [3.8, 4) is 0 Å². The van der Waals surface area contributed by atoms with Crippen LogP contribution in [-0.4, -0.2) is 10.8 Å². The summed E-state index contributed by atoms with van der Waals surface area (Å²) < 4.78 is 0. The summed E-state index contributed by atoms with van der Waals surface area (Å²) in [5.41, 5.74) is 6.54. The number of hydrogen-bond donors (Lipinski definition) is 1. The molecule has 0 aliphatic heterocycles. The quantitative estimate of drug-likeness (QED) is 0.665. The third-order valence-electron chi connectivity index (χ3n) is 1.46. The SMILES string of the molecule is CC(=O)c1ccc(/C=C\N)nc1. The van der Waals surface area contributed by atoms with Crippen molar-refractivity contribution in [1.82, 2.24) is 4.98 Å². The van der Waals surface area contributed by atoms with Gasteiger partial charge >= 0.3 is 0 Å². The van der Waals surface area contributed by atoms with Gasteiger partial charge in [0.25, 0.3) is 0 Å². The van der Waals surface area contributed by atoms with Crippen LogP contribution in [0.1, 0.15) is 23.0 Å². The first-order valence-electron chi connectivity index (χ1n) is 3.59. The third kappa shape index (κ3) is 1.92. The number of nitrogens with zero attached hydrogens (tertiary/aromatic N) is 1. The van der Waals surface area contributed by atoms with Crippen molar-refractivity contribution in [1.29, 1.82) is 0 Å². The minimum atomic E-state index is 0.0192. The first-order valence-corrected chi connectivity index (χ1v) is 3.59. The van der Waals surface area contributed by atoms with Crippen molar-refractivity contribution in [3.05, 3.63) is 35.8 Å². The first-order chi connectivity index (χ1) is 5.74. The van der Waals surface area contributed by atoms with Gasteiger partial charge in [0.15, 0.2) is 5.78 Å². The highest BCUT2D eigenvalue weighted by Gasteiger charge is 1.97. The van der Waals surface area contributed by atoms with E-state index in [1.165, 1.54) is 19.3 Å². The van der Waals surface area contributed by atoms with Gasteiger partial charge in [-0.05, 0) is 31.3 Å². The monoisotopic (exact) mass is 162 g/mol. The third-order valence-corrected chi connectivity index (χ3v) is 1.46. The highest BCUT2D eigenvalue weighted by molar-refractivity contribution is 5.93. The van der Waals surface area contributed by atoms with Gasteiger partial charge in [0.2, 0.25) is 0 Å². The Bertz CT molecular complexity index is 301. The van der Waals surface area contributed by atoms with Crippen molar-refractivity contribution in [2.45, 2.75) is 6.92 Å². The van der Waals surface area contributed by atoms with E-state index in [1.807, 2.05) is 0 Å². The molecule has 0 aliphatic carbocycles. The van der Waals surface area contributed by atoms with E-state index >= 15 is 0 Å². The molecule has 62 valence electrons. The molecule has 0 saturated heterocycles. The molecule has 3 heteroatoms. The van der Waals surface area contributed by atoms with Crippen LogP contribution < -0.4 is 5.73 Å². The Hall–Kier alpha value is -1.64. The molecule has 0 atom stereocenters. The fraction of sp³-hybridized carbons (Fsp3) is 0.111. The van der Waals surface area contributed by atoms with Crippen molar-refractivity contribution in [2.24, 2.45) is 5.73 Å². The smallest absolute Gasteiger partial charge is 0.161 e. The zero-order valence-corrected chi connectivity index (χ0v) is 6.82. The summed E-state index contributed by atoms with van der Waals surface area (Å²) in [5, 5.41) is 0. The Morgan fingerprint density at radius 1 is 1.58 bits per heavy atom. The van der Waals surface area contributed by atoms with Gasteiger partial charge in [0, 0.05) is 11.8 Å². The summed E-state index contributed by atoms with van der Waals surface area (Å²) in [7, 11) is 0. The predicted molar refractivity (Wildman–Crippen MR) is 47.5 cm³/mol. The predicted octanol–water partition coefficient (Wildman–Crippen LogP) is 1.21. The summed E-state index contributed by atoms with van der Waals surface area (Å²) in [6.45, 7) is 1.51. The molecule has 1 heterocycles. The number of pyridine rings is 1. The van der Waals surface area contributed by atoms with Crippen molar-refractivity contribution >= 4 is 11.9 Å². The Morgan fingerprint density at radius 3 is 2.75 bits per heavy atom. The lowest BCUT2D eigenvalue weighted by molar-refractivity contribution is 0.101. The molecule has 0 fully saturated rings. The number of carbonyl (C=O) groups is 1. The average molecular weight is 162 g/mol. The highest BCUT2D eigenvalue weighted by Crippen LogP contribution is 2.01. The lowest BCUT2D eigenvalue weighted by Gasteiger charge is -1.94. The maximum Gasteiger partial charge on any atom is 0.161 e. The number of nitrogens with two attached hydrogens (primary N) is 1. The summed E-state index contributed by atoms with van der Waals surface area (Å²) in [5.74, 6) is 0.0192. The van der Waals surface area contributed by atoms with E-state index in [4.69, 9.17) is 5.73 Å². The van der Waals surface area contributed by atoms with Crippen LogP contribution in [0.2, 0.25) is 0 Å². The molecule has 0 radical (unpaired) electrons. The molecule has 0 aliphatic rings. The van der Waals surface area contributed by atoms with Crippen LogP contribution in [0.5, 0.6) is 0 Å². The van der Waals surface area contributed by atoms with Gasteiger partial charge in [0.05, 0.1) is 5.69 Å². The number of aromatic nitrogens is 1. The van der Waals surface area contributed by atoms with Crippen LogP contribution in [0.4, 0.5) is 0 Å². The molecule has 0 saturated carbocycles. The van der Waals surface area contributed by atoms with Crippen molar-refractivity contribution < 1.29 is 4.79 Å². The second kappa shape index (κ2) is 3.67. The van der Waals surface area contributed by atoms with E-state index in [9.17, 15) is 4.79 Å². The molecule has 0 bridgehead atoms. The minimum absolute atomic E-state index is 0.0192. The summed E-state index contributed by atoms with van der Waals surface area (Å²) in [4.78, 5) is 14.8. The van der Waals surface area contributed by atoms with E-state index in [0.29, 0.717) is 5.56 Å². The maximum absolute atomic E-state index is 10.8. The van der Waals surface area contributed by atoms with Gasteiger partial charge in [-0.1, -0.05) is 0 Å². The van der Waals surface area contributed by atoms with Crippen LogP contribution in [0.3, 0.4) is 0 Å². The normalized spacial score (nSPS) is 10.4. The topological polar surface area (TPSA) is 56.0 Å². The second-order valence-electron chi connectivity index (χ2n) is 2.39. The largest absolute Gasteiger partial charge is 0.405 e. The van der Waals surface area contributed by atoms with Crippen molar-refractivity contribution in [2.75, 3.05) is 0 Å². The molecule has 12 heavy (non-hydrogen) atoms. The van der Waals surface area contributed by atoms with Gasteiger partial charge in [-0.15, -0.1) is 0 Å². The molecule has 0 amide bonds. The molecular weight excluding hydrogens is 152 g/mol. The second-order valence-corrected chi connectivity index (χ2v) is 2.39. The molecule has 0 unspecified atom stereocenters. The molecule has 2 N–H and O–H groups in total. The number of Topliss-reactive ketones (excluding diaryl/α,β-unsaturated/α-hetero) is 1. The fourth-order valence-corrected chi connectivity index (χ4v) is 0.811. The Morgan fingerprint density at radius 2 is 2.33 bits per heavy atom. The number of hydrogen-bond acceptors (Lipinski definition) is 3. The van der Waals surface area contributed by atoms with Crippen LogP contribution in [0.15, 0.2) is 24.5 Å². The minimum Gasteiger partial charge on any atom is -0.405 e. The van der Waals surface area contributed by atoms with Crippen molar-refractivity contribution in [3.63, 3.8) is 0 Å². The van der Waals surface area contributed by atoms with Crippen LogP contribution in [0, 0.1) is 0 Å². The lowest BCUT2D eigenvalue weighted by Crippen LogP contribution is -1.93. The molecule has 0 aromatic carbocycles. The lowest BCUT2D eigenvalue weighted by atomic mass is 10.2. The molecule has 0 spiro atoms. The number of ketones is 1. The Labute approximate surface area is 70.9 Å². The molecular formula is C9H10N2O. The van der Waals surface area contributed by atoms with Gasteiger partial charge in [-0.25, -0.2) is 0 Å². The average Bonchev–Trinajstić information content (AvgIpc) is 2.06. The van der Waals surface area contributed by atoms with Gasteiger partial charge in [0.1, 0.15) is 0 Å². The standard InChI is InChI=1S/C9H10N2O/c1-7(12)8-2-3-9(4-5-10)11-6-8/h2-6H,10H2,1H3/b5-4-. The summed E-state index contributed by atoms with van der Waals surface area (Å²) >= 11 is 0. The molecule has 3 nitrogen and oxygen atoms in total. The maximum atomic E-state index is 10.8. The summed E-state index contributed by atoms with van der Waals surface area (Å²) in [6.07, 6.45) is 4.62. The Kier molecular flexibility index (Phi) is 2.58.